The van der Waals surface area contributed by atoms with E-state index in [1.807, 2.05) is 25.1 Å². The number of benzene rings is 1. The first-order valence-corrected chi connectivity index (χ1v) is 8.44. The number of aromatic nitrogens is 1. The Labute approximate surface area is 141 Å². The molecule has 4 rings (SSSR count). The Morgan fingerprint density at radius 1 is 1.21 bits per heavy atom. The van der Waals surface area contributed by atoms with Crippen molar-refractivity contribution in [3.05, 3.63) is 52.7 Å². The molecule has 1 fully saturated rings. The highest BCUT2D eigenvalue weighted by Gasteiger charge is 2.33. The van der Waals surface area contributed by atoms with E-state index in [1.165, 1.54) is 5.56 Å². The van der Waals surface area contributed by atoms with E-state index in [-0.39, 0.29) is 11.9 Å². The van der Waals surface area contributed by atoms with Crippen LogP contribution < -0.4 is 4.90 Å². The third-order valence-corrected chi connectivity index (χ3v) is 4.79. The Kier molecular flexibility index (Phi) is 4.12. The SMILES string of the molecule is Cc1nc(N2CCOCC2)c2c(c1O)C(Cc1ccccc1)OC2. The minimum Gasteiger partial charge on any atom is -0.506 e. The van der Waals surface area contributed by atoms with Crippen LogP contribution in [0.4, 0.5) is 5.82 Å². The van der Waals surface area contributed by atoms with Gasteiger partial charge in [0.2, 0.25) is 0 Å². The lowest BCUT2D eigenvalue weighted by Gasteiger charge is -2.29. The highest BCUT2D eigenvalue weighted by molar-refractivity contribution is 5.59. The van der Waals surface area contributed by atoms with Crippen molar-refractivity contribution in [2.45, 2.75) is 26.1 Å². The van der Waals surface area contributed by atoms with Crippen molar-refractivity contribution < 1.29 is 14.6 Å². The van der Waals surface area contributed by atoms with E-state index >= 15 is 0 Å². The Bertz CT molecular complexity index is 727. The lowest BCUT2D eigenvalue weighted by Crippen LogP contribution is -2.37. The molecule has 1 atom stereocenters. The van der Waals surface area contributed by atoms with Crippen LogP contribution in [-0.2, 0) is 22.5 Å². The van der Waals surface area contributed by atoms with Crippen LogP contribution in [0.1, 0.15) is 28.5 Å². The van der Waals surface area contributed by atoms with Crippen molar-refractivity contribution in [2.75, 3.05) is 31.2 Å². The molecule has 0 radical (unpaired) electrons. The third-order valence-electron chi connectivity index (χ3n) is 4.79. The number of aromatic hydroxyl groups is 1. The zero-order valence-corrected chi connectivity index (χ0v) is 13.9. The summed E-state index contributed by atoms with van der Waals surface area (Å²) in [7, 11) is 0. The standard InChI is InChI=1S/C19H22N2O3/c1-13-18(22)17-15(19(20-13)21-7-9-23-10-8-21)12-24-16(17)11-14-5-3-2-4-6-14/h2-6,16,22H,7-12H2,1H3. The van der Waals surface area contributed by atoms with Gasteiger partial charge < -0.3 is 19.5 Å². The smallest absolute Gasteiger partial charge is 0.143 e. The van der Waals surface area contributed by atoms with Gasteiger partial charge in [-0.05, 0) is 12.5 Å². The van der Waals surface area contributed by atoms with Crippen LogP contribution in [0.15, 0.2) is 30.3 Å². The fourth-order valence-electron chi connectivity index (χ4n) is 3.52. The molecule has 0 aliphatic carbocycles. The van der Waals surface area contributed by atoms with Gasteiger partial charge in [-0.1, -0.05) is 30.3 Å². The summed E-state index contributed by atoms with van der Waals surface area (Å²) in [5.74, 6) is 1.22. The summed E-state index contributed by atoms with van der Waals surface area (Å²) >= 11 is 0. The second-order valence-electron chi connectivity index (χ2n) is 6.35. The Morgan fingerprint density at radius 2 is 1.96 bits per heavy atom. The Morgan fingerprint density at radius 3 is 2.71 bits per heavy atom. The molecule has 5 heteroatoms. The van der Waals surface area contributed by atoms with Gasteiger partial charge >= 0.3 is 0 Å². The molecule has 1 N–H and O–H groups in total. The fraction of sp³-hybridized carbons (Fsp3) is 0.421. The van der Waals surface area contributed by atoms with Gasteiger partial charge in [-0.25, -0.2) is 4.98 Å². The van der Waals surface area contributed by atoms with Gasteiger partial charge in [0.1, 0.15) is 11.6 Å². The van der Waals surface area contributed by atoms with E-state index < -0.39 is 0 Å². The first-order valence-electron chi connectivity index (χ1n) is 8.44. The Balaban J connectivity index is 1.70. The van der Waals surface area contributed by atoms with Crippen LogP contribution in [-0.4, -0.2) is 36.4 Å². The molecule has 0 spiro atoms. The molecule has 0 amide bonds. The average molecular weight is 326 g/mol. The molecule has 24 heavy (non-hydrogen) atoms. The van der Waals surface area contributed by atoms with Crippen molar-refractivity contribution >= 4 is 5.82 Å². The number of fused-ring (bicyclic) bond motifs is 1. The average Bonchev–Trinajstić information content (AvgIpc) is 3.04. The van der Waals surface area contributed by atoms with Crippen LogP contribution >= 0.6 is 0 Å². The summed E-state index contributed by atoms with van der Waals surface area (Å²) in [6.45, 7) is 5.44. The lowest BCUT2D eigenvalue weighted by molar-refractivity contribution is 0.0654. The molecule has 0 bridgehead atoms. The first kappa shape index (κ1) is 15.4. The Hall–Kier alpha value is -2.11. The van der Waals surface area contributed by atoms with E-state index in [2.05, 4.69) is 22.0 Å². The number of hydrogen-bond acceptors (Lipinski definition) is 5. The number of morpholine rings is 1. The molecule has 126 valence electrons. The maximum atomic E-state index is 10.6. The van der Waals surface area contributed by atoms with Crippen LogP contribution in [0.25, 0.3) is 0 Å². The number of pyridine rings is 1. The zero-order valence-electron chi connectivity index (χ0n) is 13.9. The summed E-state index contributed by atoms with van der Waals surface area (Å²) in [6.07, 6.45) is 0.636. The minimum atomic E-state index is -0.121. The predicted molar refractivity (Wildman–Crippen MR) is 91.3 cm³/mol. The molecule has 1 unspecified atom stereocenters. The number of hydrogen-bond donors (Lipinski definition) is 1. The summed E-state index contributed by atoms with van der Waals surface area (Å²) in [5.41, 5.74) is 3.81. The number of nitrogens with zero attached hydrogens (tertiary/aromatic N) is 2. The van der Waals surface area contributed by atoms with Gasteiger partial charge in [-0.2, -0.15) is 0 Å². The quantitative estimate of drug-likeness (QED) is 0.940. The van der Waals surface area contributed by atoms with Crippen molar-refractivity contribution in [3.8, 4) is 5.75 Å². The maximum absolute atomic E-state index is 10.6. The molecule has 1 aromatic carbocycles. The molecule has 2 aliphatic rings. The van der Waals surface area contributed by atoms with Crippen LogP contribution in [0.3, 0.4) is 0 Å². The van der Waals surface area contributed by atoms with E-state index in [9.17, 15) is 5.11 Å². The zero-order chi connectivity index (χ0) is 16.5. The molecule has 5 nitrogen and oxygen atoms in total. The van der Waals surface area contributed by atoms with Crippen molar-refractivity contribution in [1.29, 1.82) is 0 Å². The third kappa shape index (κ3) is 2.74. The summed E-state index contributed by atoms with van der Waals surface area (Å²) in [6, 6.07) is 10.3. The van der Waals surface area contributed by atoms with Gasteiger partial charge in [0, 0.05) is 30.6 Å². The minimum absolute atomic E-state index is 0.121. The molecule has 3 heterocycles. The van der Waals surface area contributed by atoms with E-state index in [0.29, 0.717) is 25.5 Å². The number of ether oxygens (including phenoxy) is 2. The topological polar surface area (TPSA) is 54.8 Å². The van der Waals surface area contributed by atoms with E-state index in [4.69, 9.17) is 9.47 Å². The van der Waals surface area contributed by atoms with E-state index in [1.54, 1.807) is 0 Å². The van der Waals surface area contributed by atoms with Gasteiger partial charge in [0.05, 0.1) is 31.6 Å². The second kappa shape index (κ2) is 6.42. The van der Waals surface area contributed by atoms with Crippen molar-refractivity contribution in [3.63, 3.8) is 0 Å². The molecule has 1 saturated heterocycles. The maximum Gasteiger partial charge on any atom is 0.143 e. The highest BCUT2D eigenvalue weighted by Crippen LogP contribution is 2.44. The lowest BCUT2D eigenvalue weighted by atomic mass is 9.98. The predicted octanol–water partition coefficient (Wildman–Crippen LogP) is 2.75. The molecule has 2 aromatic rings. The van der Waals surface area contributed by atoms with Gasteiger partial charge in [0.15, 0.2) is 0 Å². The fourth-order valence-corrected chi connectivity index (χ4v) is 3.52. The summed E-state index contributed by atoms with van der Waals surface area (Å²) in [4.78, 5) is 6.89. The van der Waals surface area contributed by atoms with Gasteiger partial charge in [0.25, 0.3) is 0 Å². The van der Waals surface area contributed by atoms with Crippen molar-refractivity contribution in [2.24, 2.45) is 0 Å². The molecular weight excluding hydrogens is 304 g/mol. The largest absolute Gasteiger partial charge is 0.506 e. The van der Waals surface area contributed by atoms with Gasteiger partial charge in [-0.3, -0.25) is 0 Å². The normalized spacial score (nSPS) is 20.2. The van der Waals surface area contributed by atoms with Crippen LogP contribution in [0.5, 0.6) is 5.75 Å². The van der Waals surface area contributed by atoms with Crippen LogP contribution in [0, 0.1) is 6.92 Å². The van der Waals surface area contributed by atoms with Crippen molar-refractivity contribution in [1.82, 2.24) is 4.98 Å². The molecule has 2 aliphatic heterocycles. The highest BCUT2D eigenvalue weighted by atomic mass is 16.5. The first-order chi connectivity index (χ1) is 11.7. The number of anilines is 1. The monoisotopic (exact) mass is 326 g/mol. The summed E-state index contributed by atoms with van der Waals surface area (Å²) < 4.78 is 11.5. The molecular formula is C19H22N2O3. The molecule has 0 saturated carbocycles. The van der Waals surface area contributed by atoms with Gasteiger partial charge in [-0.15, -0.1) is 0 Å². The second-order valence-corrected chi connectivity index (χ2v) is 6.35. The number of rotatable bonds is 3. The van der Waals surface area contributed by atoms with Crippen LogP contribution in [0.2, 0.25) is 0 Å². The summed E-state index contributed by atoms with van der Waals surface area (Å²) in [5, 5.41) is 10.6. The molecule has 1 aromatic heterocycles. The number of aryl methyl sites for hydroxylation is 1. The van der Waals surface area contributed by atoms with E-state index in [0.717, 1.165) is 36.5 Å².